The Hall–Kier alpha value is 0.390. The van der Waals surface area contributed by atoms with Gasteiger partial charge in [-0.3, -0.25) is 4.67 Å². The van der Waals surface area contributed by atoms with Crippen molar-refractivity contribution in [3.8, 4) is 0 Å². The van der Waals surface area contributed by atoms with Crippen LogP contribution < -0.4 is 0 Å². The molecule has 0 aromatic carbocycles. The zero-order valence-corrected chi connectivity index (χ0v) is 26.3. The van der Waals surface area contributed by atoms with Gasteiger partial charge in [0, 0.05) is 0 Å². The van der Waals surface area contributed by atoms with Gasteiger partial charge in [-0.25, -0.2) is 0 Å². The molecule has 0 aromatic rings. The minimum absolute atomic E-state index is 0.0265. The highest BCUT2D eigenvalue weighted by molar-refractivity contribution is 7.55. The summed E-state index contributed by atoms with van der Waals surface area (Å²) in [7, 11) is -0.0265. The molecule has 206 valence electrons. The van der Waals surface area contributed by atoms with E-state index >= 15 is 0 Å². The summed E-state index contributed by atoms with van der Waals surface area (Å²) in [6, 6.07) is 0. The van der Waals surface area contributed by atoms with E-state index in [-0.39, 0.29) is 8.07 Å². The maximum absolute atomic E-state index is 3.01. The van der Waals surface area contributed by atoms with Crippen LogP contribution in [0.3, 0.4) is 0 Å². The van der Waals surface area contributed by atoms with E-state index in [9.17, 15) is 0 Å². The normalized spacial score (nSPS) is 50.2. The minimum atomic E-state index is -0.0265. The number of nitrogens with zero attached hydrogens (tertiary/aromatic N) is 1. The van der Waals surface area contributed by atoms with Gasteiger partial charge < -0.3 is 0 Å². The van der Waals surface area contributed by atoms with Crippen LogP contribution in [0, 0.1) is 69.0 Å². The Kier molecular flexibility index (Phi) is 6.61. The summed E-state index contributed by atoms with van der Waals surface area (Å²) in [5.74, 6) is 8.19. The van der Waals surface area contributed by atoms with Gasteiger partial charge in [-0.2, -0.15) is 0 Å². The van der Waals surface area contributed by atoms with Crippen molar-refractivity contribution in [1.82, 2.24) is 4.67 Å². The fourth-order valence-electron chi connectivity index (χ4n) is 13.2. The quantitative estimate of drug-likeness (QED) is 0.306. The molecule has 36 heavy (non-hydrogen) atoms. The van der Waals surface area contributed by atoms with Gasteiger partial charge >= 0.3 is 0 Å². The van der Waals surface area contributed by atoms with Crippen molar-refractivity contribution in [2.24, 2.45) is 69.0 Å². The maximum Gasteiger partial charge on any atom is -0.000766 e. The molecule has 8 bridgehead atoms. The number of hydrogen-bond acceptors (Lipinski definition) is 1. The van der Waals surface area contributed by atoms with Gasteiger partial charge in [0.2, 0.25) is 0 Å². The third-order valence-electron chi connectivity index (χ3n) is 14.7. The molecular weight excluding hydrogens is 453 g/mol. The first-order valence-corrected chi connectivity index (χ1v) is 18.1. The summed E-state index contributed by atoms with van der Waals surface area (Å²) in [4.78, 5) is 0. The van der Waals surface area contributed by atoms with Crippen molar-refractivity contribution in [2.75, 3.05) is 25.4 Å². The summed E-state index contributed by atoms with van der Waals surface area (Å²) >= 11 is 0. The van der Waals surface area contributed by atoms with E-state index in [0.717, 1.165) is 47.3 Å². The second-order valence-corrected chi connectivity index (χ2v) is 19.0. The van der Waals surface area contributed by atoms with Crippen molar-refractivity contribution >= 4 is 8.07 Å². The lowest BCUT2D eigenvalue weighted by atomic mass is 9.65. The molecule has 6 fully saturated rings. The topological polar surface area (TPSA) is 3.24 Å². The van der Waals surface area contributed by atoms with Crippen molar-refractivity contribution < 1.29 is 0 Å². The smallest absolute Gasteiger partial charge is 0.000766 e. The molecule has 10 atom stereocenters. The SMILES string of the molecule is CCN(CC)P(C[C@@H]1[C@H]2CC[C@@H]3[C@@H]2C(C)(C)CCC[C@]13C)C[C@@H]1[C@H]2CC[C@@H]3[C@@H]2C(C)(C)CCC[C@]13C. The molecule has 6 rings (SSSR count). The van der Waals surface area contributed by atoms with Crippen LogP contribution in [0.5, 0.6) is 0 Å². The number of hydrogen-bond donors (Lipinski definition) is 0. The lowest BCUT2D eigenvalue weighted by molar-refractivity contribution is 0.0962. The van der Waals surface area contributed by atoms with Gasteiger partial charge in [0.05, 0.1) is 0 Å². The predicted molar refractivity (Wildman–Crippen MR) is 157 cm³/mol. The van der Waals surface area contributed by atoms with Crippen LogP contribution in [-0.2, 0) is 0 Å². The van der Waals surface area contributed by atoms with E-state index in [4.69, 9.17) is 0 Å². The Labute approximate surface area is 226 Å². The lowest BCUT2D eigenvalue weighted by Crippen LogP contribution is -2.40. The third kappa shape index (κ3) is 3.66. The lowest BCUT2D eigenvalue weighted by Gasteiger charge is -2.48. The van der Waals surface area contributed by atoms with Crippen molar-refractivity contribution in [2.45, 2.75) is 120 Å². The second kappa shape index (κ2) is 8.95. The summed E-state index contributed by atoms with van der Waals surface area (Å²) in [5, 5.41) is 0. The van der Waals surface area contributed by atoms with Gasteiger partial charge in [-0.1, -0.05) is 68.2 Å². The van der Waals surface area contributed by atoms with Crippen molar-refractivity contribution in [3.63, 3.8) is 0 Å². The van der Waals surface area contributed by atoms with Gasteiger partial charge in [0.1, 0.15) is 0 Å². The second-order valence-electron chi connectivity index (χ2n) is 16.7. The Morgan fingerprint density at radius 1 is 0.611 bits per heavy atom. The average Bonchev–Trinajstić information content (AvgIpc) is 3.51. The molecule has 0 unspecified atom stereocenters. The molecule has 0 aromatic heterocycles. The molecule has 6 aliphatic carbocycles. The van der Waals surface area contributed by atoms with Crippen LogP contribution >= 0.6 is 8.07 Å². The van der Waals surface area contributed by atoms with E-state index in [0.29, 0.717) is 21.7 Å². The molecule has 6 aliphatic rings. The predicted octanol–water partition coefficient (Wildman–Crippen LogP) is 9.70. The zero-order valence-electron chi connectivity index (χ0n) is 25.4. The first-order chi connectivity index (χ1) is 17.0. The molecular formula is C34H60NP. The van der Waals surface area contributed by atoms with Crippen LogP contribution in [0.15, 0.2) is 0 Å². The first kappa shape index (κ1) is 26.6. The minimum Gasteiger partial charge on any atom is -0.282 e. The summed E-state index contributed by atoms with van der Waals surface area (Å²) < 4.78 is 3.01. The van der Waals surface area contributed by atoms with Crippen LogP contribution in [0.2, 0.25) is 0 Å². The largest absolute Gasteiger partial charge is 0.282 e. The van der Waals surface area contributed by atoms with Gasteiger partial charge in [-0.05, 0) is 154 Å². The Balaban J connectivity index is 1.30. The summed E-state index contributed by atoms with van der Waals surface area (Å²) in [6.45, 7) is 23.7. The molecule has 0 amide bonds. The van der Waals surface area contributed by atoms with Crippen molar-refractivity contribution in [3.05, 3.63) is 0 Å². The van der Waals surface area contributed by atoms with Crippen LogP contribution in [0.4, 0.5) is 0 Å². The van der Waals surface area contributed by atoms with Crippen molar-refractivity contribution in [1.29, 1.82) is 0 Å². The monoisotopic (exact) mass is 513 g/mol. The molecule has 0 N–H and O–H groups in total. The average molecular weight is 514 g/mol. The standard InChI is InChI=1S/C34H60NP/c1-9-35(10-2)36(21-27-23-13-15-25-29(23)31(3,4)17-11-19-33(25,27)7)22-28-24-14-16-26-30(24)32(5,6)18-12-20-34(26,28)8/h23-30H,9-22H2,1-8H3/t23-,24-,25-,26-,27-,28-,29-,30-,33+,34+/m1/s1. The van der Waals surface area contributed by atoms with Crippen LogP contribution in [0.25, 0.3) is 0 Å². The molecule has 6 saturated carbocycles. The first-order valence-electron chi connectivity index (χ1n) is 16.5. The molecule has 0 radical (unpaired) electrons. The molecule has 0 heterocycles. The van der Waals surface area contributed by atoms with E-state index in [1.54, 1.807) is 38.0 Å². The Morgan fingerprint density at radius 2 is 1.03 bits per heavy atom. The Morgan fingerprint density at radius 3 is 1.42 bits per heavy atom. The maximum atomic E-state index is 3.01. The summed E-state index contributed by atoms with van der Waals surface area (Å²) in [6.07, 6.45) is 18.4. The number of rotatable bonds is 7. The highest BCUT2D eigenvalue weighted by Gasteiger charge is 2.67. The Bertz CT molecular complexity index is 767. The van der Waals surface area contributed by atoms with E-state index in [2.05, 4.69) is 60.1 Å². The van der Waals surface area contributed by atoms with Crippen LogP contribution in [-0.4, -0.2) is 30.1 Å². The highest BCUT2D eigenvalue weighted by Crippen LogP contribution is 2.75. The molecule has 0 aliphatic heterocycles. The zero-order chi connectivity index (χ0) is 25.7. The molecule has 2 heteroatoms. The molecule has 0 spiro atoms. The van der Waals surface area contributed by atoms with E-state index in [1.807, 2.05) is 0 Å². The van der Waals surface area contributed by atoms with E-state index in [1.165, 1.54) is 51.6 Å². The van der Waals surface area contributed by atoms with E-state index < -0.39 is 0 Å². The van der Waals surface area contributed by atoms with Crippen LogP contribution in [0.1, 0.15) is 120 Å². The fraction of sp³-hybridized carbons (Fsp3) is 1.00. The third-order valence-corrected chi connectivity index (χ3v) is 17.7. The van der Waals surface area contributed by atoms with Gasteiger partial charge in [-0.15, -0.1) is 0 Å². The highest BCUT2D eigenvalue weighted by atomic mass is 31.1. The summed E-state index contributed by atoms with van der Waals surface area (Å²) in [5.41, 5.74) is 2.44. The molecule has 1 nitrogen and oxygen atoms in total. The molecule has 0 saturated heterocycles. The fourth-order valence-corrected chi connectivity index (χ4v) is 16.9. The van der Waals surface area contributed by atoms with Gasteiger partial charge in [0.25, 0.3) is 0 Å². The van der Waals surface area contributed by atoms with Gasteiger partial charge in [0.15, 0.2) is 0 Å².